The van der Waals surface area contributed by atoms with Gasteiger partial charge in [0.15, 0.2) is 5.78 Å². The lowest BCUT2D eigenvalue weighted by atomic mass is 10.1. The summed E-state index contributed by atoms with van der Waals surface area (Å²) < 4.78 is 0. The first-order chi connectivity index (χ1) is 11.5. The number of carbonyl (C=O) groups is 2. The average Bonchev–Trinajstić information content (AvgIpc) is 3.08. The Morgan fingerprint density at radius 3 is 2.83 bits per heavy atom. The molecule has 2 heterocycles. The number of hydrogen-bond acceptors (Lipinski definition) is 4. The Balaban J connectivity index is 1.64. The Bertz CT molecular complexity index is 747. The van der Waals surface area contributed by atoms with Crippen LogP contribution in [0.5, 0.6) is 0 Å². The van der Waals surface area contributed by atoms with E-state index < -0.39 is 0 Å². The largest absolute Gasteiger partial charge is 0.339 e. The van der Waals surface area contributed by atoms with Crippen molar-refractivity contribution in [2.45, 2.75) is 52.0 Å². The molecule has 0 bridgehead atoms. The van der Waals surface area contributed by atoms with E-state index in [-0.39, 0.29) is 11.7 Å². The first kappa shape index (κ1) is 16.9. The SMILES string of the molecule is CC(=O)c1cc(CC(=O)N(C)Cc2n[nH]c3c2CCCCC3)cs1. The van der Waals surface area contributed by atoms with Gasteiger partial charge in [-0.1, -0.05) is 6.42 Å². The highest BCUT2D eigenvalue weighted by Gasteiger charge is 2.19. The molecule has 0 aromatic carbocycles. The van der Waals surface area contributed by atoms with E-state index in [0.717, 1.165) is 24.1 Å². The fraction of sp³-hybridized carbons (Fsp3) is 0.500. The van der Waals surface area contributed by atoms with Crippen molar-refractivity contribution < 1.29 is 9.59 Å². The molecule has 128 valence electrons. The summed E-state index contributed by atoms with van der Waals surface area (Å²) in [6.45, 7) is 2.08. The average molecular weight is 345 g/mol. The van der Waals surface area contributed by atoms with Gasteiger partial charge in [0.05, 0.1) is 23.5 Å². The monoisotopic (exact) mass is 345 g/mol. The van der Waals surface area contributed by atoms with Crippen molar-refractivity contribution in [2.24, 2.45) is 0 Å². The molecule has 2 aromatic rings. The number of aromatic nitrogens is 2. The second-order valence-corrected chi connectivity index (χ2v) is 7.40. The van der Waals surface area contributed by atoms with E-state index in [1.807, 2.05) is 18.5 Å². The number of likely N-dealkylation sites (N-methyl/N-ethyl adjacent to an activating group) is 1. The Hall–Kier alpha value is -1.95. The molecule has 5 nitrogen and oxygen atoms in total. The highest BCUT2D eigenvalue weighted by molar-refractivity contribution is 7.12. The number of thiophene rings is 1. The van der Waals surface area contributed by atoms with E-state index in [9.17, 15) is 9.59 Å². The van der Waals surface area contributed by atoms with Crippen LogP contribution in [0.25, 0.3) is 0 Å². The van der Waals surface area contributed by atoms with Gasteiger partial charge in [0.2, 0.25) is 5.91 Å². The van der Waals surface area contributed by atoms with Crippen molar-refractivity contribution in [1.82, 2.24) is 15.1 Å². The zero-order valence-corrected chi connectivity index (χ0v) is 15.0. The van der Waals surface area contributed by atoms with Crippen molar-refractivity contribution in [2.75, 3.05) is 7.05 Å². The molecule has 0 spiro atoms. The summed E-state index contributed by atoms with van der Waals surface area (Å²) in [5, 5.41) is 9.48. The fourth-order valence-corrected chi connectivity index (χ4v) is 3.95. The van der Waals surface area contributed by atoms with Gasteiger partial charge in [-0.2, -0.15) is 5.10 Å². The van der Waals surface area contributed by atoms with Crippen molar-refractivity contribution in [3.63, 3.8) is 0 Å². The van der Waals surface area contributed by atoms with Crippen LogP contribution in [0, 0.1) is 0 Å². The number of aryl methyl sites for hydroxylation is 1. The Kier molecular flexibility index (Phi) is 5.14. The van der Waals surface area contributed by atoms with E-state index in [4.69, 9.17) is 0 Å². The van der Waals surface area contributed by atoms with Crippen LogP contribution in [0.4, 0.5) is 0 Å². The number of hydrogen-bond donors (Lipinski definition) is 1. The molecule has 0 fully saturated rings. The molecule has 1 amide bonds. The highest BCUT2D eigenvalue weighted by Crippen LogP contribution is 2.23. The summed E-state index contributed by atoms with van der Waals surface area (Å²) in [7, 11) is 1.82. The van der Waals surface area contributed by atoms with Gasteiger partial charge in [-0.25, -0.2) is 0 Å². The lowest BCUT2D eigenvalue weighted by Crippen LogP contribution is -2.28. The summed E-state index contributed by atoms with van der Waals surface area (Å²) in [5.41, 5.74) is 4.45. The third-order valence-electron chi connectivity index (χ3n) is 4.56. The summed E-state index contributed by atoms with van der Waals surface area (Å²) in [5.74, 6) is 0.0968. The van der Waals surface area contributed by atoms with Crippen molar-refractivity contribution in [3.8, 4) is 0 Å². The molecule has 3 rings (SSSR count). The van der Waals surface area contributed by atoms with Crippen LogP contribution in [-0.4, -0.2) is 33.8 Å². The molecule has 0 saturated carbocycles. The van der Waals surface area contributed by atoms with Gasteiger partial charge in [-0.3, -0.25) is 14.7 Å². The van der Waals surface area contributed by atoms with Crippen molar-refractivity contribution >= 4 is 23.0 Å². The maximum Gasteiger partial charge on any atom is 0.227 e. The van der Waals surface area contributed by atoms with E-state index in [2.05, 4.69) is 10.2 Å². The number of carbonyl (C=O) groups excluding carboxylic acids is 2. The smallest absolute Gasteiger partial charge is 0.227 e. The molecule has 0 saturated heterocycles. The molecule has 1 N–H and O–H groups in total. The van der Waals surface area contributed by atoms with Crippen LogP contribution in [-0.2, 0) is 30.6 Å². The zero-order chi connectivity index (χ0) is 17.1. The van der Waals surface area contributed by atoms with Crippen molar-refractivity contribution in [3.05, 3.63) is 38.8 Å². The van der Waals surface area contributed by atoms with Gasteiger partial charge in [0, 0.05) is 12.7 Å². The number of Topliss-reactive ketones (excluding diaryl/α,β-unsaturated/α-hetero) is 1. The first-order valence-electron chi connectivity index (χ1n) is 8.42. The first-order valence-corrected chi connectivity index (χ1v) is 9.30. The van der Waals surface area contributed by atoms with E-state index >= 15 is 0 Å². The van der Waals surface area contributed by atoms with Gasteiger partial charge < -0.3 is 4.90 Å². The number of ketones is 1. The van der Waals surface area contributed by atoms with Crippen LogP contribution < -0.4 is 0 Å². The van der Waals surface area contributed by atoms with Crippen LogP contribution >= 0.6 is 11.3 Å². The second kappa shape index (κ2) is 7.30. The normalized spacial score (nSPS) is 14.1. The Morgan fingerprint density at radius 2 is 2.08 bits per heavy atom. The third kappa shape index (κ3) is 3.75. The Labute approximate surface area is 146 Å². The van der Waals surface area contributed by atoms with Crippen LogP contribution in [0.1, 0.15) is 58.4 Å². The number of amides is 1. The fourth-order valence-electron chi connectivity index (χ4n) is 3.13. The van der Waals surface area contributed by atoms with Gasteiger partial charge in [0.1, 0.15) is 0 Å². The minimum atomic E-state index is 0.0475. The summed E-state index contributed by atoms with van der Waals surface area (Å²) in [6, 6.07) is 1.82. The summed E-state index contributed by atoms with van der Waals surface area (Å²) in [4.78, 5) is 26.3. The maximum atomic E-state index is 12.5. The number of nitrogens with one attached hydrogen (secondary N) is 1. The number of nitrogens with zero attached hydrogens (tertiary/aromatic N) is 2. The summed E-state index contributed by atoms with van der Waals surface area (Å²) >= 11 is 1.40. The van der Waals surface area contributed by atoms with Gasteiger partial charge in [0.25, 0.3) is 0 Å². The molecular formula is C18H23N3O2S. The van der Waals surface area contributed by atoms with Crippen LogP contribution in [0.2, 0.25) is 0 Å². The topological polar surface area (TPSA) is 66.1 Å². The number of fused-ring (bicyclic) bond motifs is 1. The molecule has 0 aliphatic heterocycles. The lowest BCUT2D eigenvalue weighted by molar-refractivity contribution is -0.129. The molecule has 2 aromatic heterocycles. The highest BCUT2D eigenvalue weighted by atomic mass is 32.1. The minimum Gasteiger partial charge on any atom is -0.339 e. The zero-order valence-electron chi connectivity index (χ0n) is 14.2. The predicted octanol–water partition coefficient (Wildman–Crippen LogP) is 3.14. The van der Waals surface area contributed by atoms with E-state index in [1.165, 1.54) is 41.9 Å². The van der Waals surface area contributed by atoms with E-state index in [1.54, 1.807) is 11.8 Å². The van der Waals surface area contributed by atoms with Gasteiger partial charge >= 0.3 is 0 Å². The molecular weight excluding hydrogens is 322 g/mol. The minimum absolute atomic E-state index is 0.0475. The molecule has 1 aliphatic rings. The standard InChI is InChI=1S/C18H23N3O2S/c1-12(22)17-8-13(11-24-17)9-18(23)21(2)10-16-14-6-4-3-5-7-15(14)19-20-16/h8,11H,3-7,9-10H2,1-2H3,(H,19,20). The maximum absolute atomic E-state index is 12.5. The third-order valence-corrected chi connectivity index (χ3v) is 5.64. The number of H-pyrrole nitrogens is 1. The Morgan fingerprint density at radius 1 is 1.29 bits per heavy atom. The van der Waals surface area contributed by atoms with Crippen molar-refractivity contribution in [1.29, 1.82) is 0 Å². The second-order valence-electron chi connectivity index (χ2n) is 6.49. The molecule has 24 heavy (non-hydrogen) atoms. The van der Waals surface area contributed by atoms with E-state index in [0.29, 0.717) is 17.8 Å². The molecule has 0 unspecified atom stereocenters. The van der Waals surface area contributed by atoms with Gasteiger partial charge in [-0.15, -0.1) is 11.3 Å². The number of aromatic amines is 1. The lowest BCUT2D eigenvalue weighted by Gasteiger charge is -2.16. The molecule has 1 aliphatic carbocycles. The van der Waals surface area contributed by atoms with Crippen LogP contribution in [0.15, 0.2) is 11.4 Å². The molecule has 0 radical (unpaired) electrons. The summed E-state index contributed by atoms with van der Waals surface area (Å²) in [6.07, 6.45) is 6.10. The quantitative estimate of drug-likeness (QED) is 0.669. The van der Waals surface area contributed by atoms with Crippen LogP contribution in [0.3, 0.4) is 0 Å². The number of rotatable bonds is 5. The molecule has 6 heteroatoms. The predicted molar refractivity (Wildman–Crippen MR) is 94.3 cm³/mol. The van der Waals surface area contributed by atoms with Gasteiger partial charge in [-0.05, 0) is 55.2 Å². The molecule has 0 atom stereocenters.